The zero-order chi connectivity index (χ0) is 13.7. The van der Waals surface area contributed by atoms with Crippen LogP contribution in [0.1, 0.15) is 61.5 Å². The molecule has 0 radical (unpaired) electrons. The van der Waals surface area contributed by atoms with E-state index in [9.17, 15) is 4.79 Å². The first-order valence-electron chi connectivity index (χ1n) is 8.06. The van der Waals surface area contributed by atoms with Crippen molar-refractivity contribution < 1.29 is 0 Å². The minimum atomic E-state index is 0.135. The predicted molar refractivity (Wildman–Crippen MR) is 78.0 cm³/mol. The van der Waals surface area contributed by atoms with Crippen molar-refractivity contribution >= 4 is 0 Å². The summed E-state index contributed by atoms with van der Waals surface area (Å²) in [7, 11) is 2.25. The number of aromatic amines is 1. The smallest absolute Gasteiger partial charge is 0.254 e. The number of H-pyrrole nitrogens is 1. The summed E-state index contributed by atoms with van der Waals surface area (Å²) in [5.41, 5.74) is 2.17. The van der Waals surface area contributed by atoms with Gasteiger partial charge < -0.3 is 9.88 Å². The van der Waals surface area contributed by atoms with Gasteiger partial charge in [0.25, 0.3) is 5.56 Å². The zero-order valence-electron chi connectivity index (χ0n) is 12.2. The van der Waals surface area contributed by atoms with Gasteiger partial charge in [-0.1, -0.05) is 0 Å². The van der Waals surface area contributed by atoms with Crippen LogP contribution in [0.5, 0.6) is 0 Å². The van der Waals surface area contributed by atoms with Gasteiger partial charge >= 0.3 is 0 Å². The molecule has 1 aliphatic carbocycles. The number of fused-ring (bicyclic) bond motifs is 3. The number of hydrogen-bond donors (Lipinski definition) is 1. The standard InChI is InChI=1S/C16H23N3O/c1-19-11-6-7-12(19)9-10(8-11)15-17-14-5-3-2-4-13(14)16(20)18-15/h10-12H,2-9H2,1H3,(H,17,18,20). The van der Waals surface area contributed by atoms with Crippen LogP contribution in [0.4, 0.5) is 0 Å². The lowest BCUT2D eigenvalue weighted by molar-refractivity contribution is 0.158. The maximum Gasteiger partial charge on any atom is 0.254 e. The third kappa shape index (κ3) is 1.93. The van der Waals surface area contributed by atoms with Gasteiger partial charge in [0, 0.05) is 23.6 Å². The van der Waals surface area contributed by atoms with E-state index in [-0.39, 0.29) is 5.56 Å². The first kappa shape index (κ1) is 12.6. The highest BCUT2D eigenvalue weighted by Gasteiger charge is 2.39. The van der Waals surface area contributed by atoms with Gasteiger partial charge in [-0.3, -0.25) is 4.79 Å². The summed E-state index contributed by atoms with van der Waals surface area (Å²) in [6.45, 7) is 0. The maximum atomic E-state index is 12.3. The molecular weight excluding hydrogens is 250 g/mol. The average molecular weight is 273 g/mol. The number of rotatable bonds is 1. The van der Waals surface area contributed by atoms with Crippen LogP contribution in [-0.4, -0.2) is 34.0 Å². The molecule has 4 rings (SSSR count). The summed E-state index contributed by atoms with van der Waals surface area (Å²) >= 11 is 0. The van der Waals surface area contributed by atoms with Gasteiger partial charge in [-0.2, -0.15) is 0 Å². The summed E-state index contributed by atoms with van der Waals surface area (Å²) in [4.78, 5) is 22.7. The molecule has 108 valence electrons. The van der Waals surface area contributed by atoms with Crippen LogP contribution in [0.25, 0.3) is 0 Å². The fourth-order valence-corrected chi connectivity index (χ4v) is 4.45. The van der Waals surface area contributed by atoms with Crippen LogP contribution in [-0.2, 0) is 12.8 Å². The molecule has 2 saturated heterocycles. The van der Waals surface area contributed by atoms with Gasteiger partial charge in [0.1, 0.15) is 5.82 Å². The largest absolute Gasteiger partial charge is 0.310 e. The lowest BCUT2D eigenvalue weighted by Gasteiger charge is -2.36. The van der Waals surface area contributed by atoms with E-state index in [0.29, 0.717) is 18.0 Å². The number of hydrogen-bond acceptors (Lipinski definition) is 3. The molecule has 3 heterocycles. The summed E-state index contributed by atoms with van der Waals surface area (Å²) < 4.78 is 0. The summed E-state index contributed by atoms with van der Waals surface area (Å²) in [5, 5.41) is 0. The van der Waals surface area contributed by atoms with Crippen molar-refractivity contribution in [2.75, 3.05) is 7.05 Å². The number of nitrogens with one attached hydrogen (secondary N) is 1. The molecule has 2 bridgehead atoms. The molecule has 0 spiro atoms. The van der Waals surface area contributed by atoms with E-state index in [1.807, 2.05) is 0 Å². The Morgan fingerprint density at radius 2 is 1.85 bits per heavy atom. The monoisotopic (exact) mass is 273 g/mol. The van der Waals surface area contributed by atoms with Crippen molar-refractivity contribution in [3.63, 3.8) is 0 Å². The highest BCUT2D eigenvalue weighted by atomic mass is 16.1. The fraction of sp³-hybridized carbons (Fsp3) is 0.750. The van der Waals surface area contributed by atoms with Gasteiger partial charge in [-0.05, 0) is 58.4 Å². The van der Waals surface area contributed by atoms with Crippen LogP contribution in [0.15, 0.2) is 4.79 Å². The molecule has 4 heteroatoms. The van der Waals surface area contributed by atoms with Crippen molar-refractivity contribution in [3.8, 4) is 0 Å². The van der Waals surface area contributed by atoms with Crippen molar-refractivity contribution in [2.24, 2.45) is 0 Å². The topological polar surface area (TPSA) is 49.0 Å². The van der Waals surface area contributed by atoms with Crippen LogP contribution < -0.4 is 5.56 Å². The fourth-order valence-electron chi connectivity index (χ4n) is 4.45. The van der Waals surface area contributed by atoms with Gasteiger partial charge in [0.2, 0.25) is 0 Å². The molecule has 2 fully saturated rings. The van der Waals surface area contributed by atoms with E-state index >= 15 is 0 Å². The van der Waals surface area contributed by atoms with E-state index in [4.69, 9.17) is 4.98 Å². The first-order valence-corrected chi connectivity index (χ1v) is 8.06. The number of aryl methyl sites for hydroxylation is 1. The minimum Gasteiger partial charge on any atom is -0.310 e. The van der Waals surface area contributed by atoms with Crippen LogP contribution in [0, 0.1) is 0 Å². The second-order valence-electron chi connectivity index (χ2n) is 6.80. The van der Waals surface area contributed by atoms with E-state index in [0.717, 1.165) is 49.2 Å². The van der Waals surface area contributed by atoms with E-state index < -0.39 is 0 Å². The van der Waals surface area contributed by atoms with Crippen LogP contribution >= 0.6 is 0 Å². The Morgan fingerprint density at radius 1 is 1.15 bits per heavy atom. The Labute approximate surface area is 119 Å². The van der Waals surface area contributed by atoms with E-state index in [1.54, 1.807) is 0 Å². The maximum absolute atomic E-state index is 12.3. The molecule has 0 aromatic carbocycles. The summed E-state index contributed by atoms with van der Waals surface area (Å²) in [6, 6.07) is 1.39. The molecule has 1 aromatic heterocycles. The van der Waals surface area contributed by atoms with E-state index in [1.165, 1.54) is 19.3 Å². The molecule has 1 N–H and O–H groups in total. The molecule has 4 nitrogen and oxygen atoms in total. The van der Waals surface area contributed by atoms with Gasteiger partial charge in [0.15, 0.2) is 0 Å². The Morgan fingerprint density at radius 3 is 2.60 bits per heavy atom. The second-order valence-corrected chi connectivity index (χ2v) is 6.80. The van der Waals surface area contributed by atoms with Gasteiger partial charge in [-0.25, -0.2) is 4.98 Å². The normalized spacial score (nSPS) is 33.1. The van der Waals surface area contributed by atoms with Crippen LogP contribution in [0.2, 0.25) is 0 Å². The quantitative estimate of drug-likeness (QED) is 0.851. The zero-order valence-corrected chi connectivity index (χ0v) is 12.2. The lowest BCUT2D eigenvalue weighted by Crippen LogP contribution is -2.40. The highest BCUT2D eigenvalue weighted by molar-refractivity contribution is 5.22. The molecule has 1 aromatic rings. The van der Waals surface area contributed by atoms with Crippen molar-refractivity contribution in [2.45, 2.75) is 69.4 Å². The van der Waals surface area contributed by atoms with E-state index in [2.05, 4.69) is 16.9 Å². The summed E-state index contributed by atoms with van der Waals surface area (Å²) in [6.07, 6.45) is 9.17. The lowest BCUT2D eigenvalue weighted by atomic mass is 9.89. The Kier molecular flexibility index (Phi) is 2.95. The Bertz CT molecular complexity index is 566. The highest BCUT2D eigenvalue weighted by Crippen LogP contribution is 2.41. The Balaban J connectivity index is 1.66. The first-order chi connectivity index (χ1) is 9.72. The van der Waals surface area contributed by atoms with Crippen molar-refractivity contribution in [1.82, 2.24) is 14.9 Å². The molecule has 3 aliphatic rings. The molecule has 2 unspecified atom stereocenters. The minimum absolute atomic E-state index is 0.135. The second kappa shape index (κ2) is 4.69. The number of piperidine rings is 1. The average Bonchev–Trinajstić information content (AvgIpc) is 2.68. The number of nitrogens with zero attached hydrogens (tertiary/aromatic N) is 2. The van der Waals surface area contributed by atoms with Crippen molar-refractivity contribution in [3.05, 3.63) is 27.4 Å². The van der Waals surface area contributed by atoms with Crippen LogP contribution in [0.3, 0.4) is 0 Å². The number of aromatic nitrogens is 2. The van der Waals surface area contributed by atoms with Crippen molar-refractivity contribution in [1.29, 1.82) is 0 Å². The molecular formula is C16H23N3O. The predicted octanol–water partition coefficient (Wildman–Crippen LogP) is 1.99. The molecule has 2 atom stereocenters. The molecule has 20 heavy (non-hydrogen) atoms. The molecule has 0 saturated carbocycles. The Hall–Kier alpha value is -1.16. The molecule has 0 amide bonds. The third-order valence-electron chi connectivity index (χ3n) is 5.69. The summed E-state index contributed by atoms with van der Waals surface area (Å²) in [5.74, 6) is 1.43. The SMILES string of the molecule is CN1C2CCC1CC(c1nc3c(c(=O)[nH]1)CCCC3)C2. The van der Waals surface area contributed by atoms with Gasteiger partial charge in [0.05, 0.1) is 5.69 Å². The molecule has 2 aliphatic heterocycles. The van der Waals surface area contributed by atoms with Gasteiger partial charge in [-0.15, -0.1) is 0 Å². The third-order valence-corrected chi connectivity index (χ3v) is 5.69.